The maximum Gasteiger partial charge on any atom is 0.410 e. The molecule has 8 nitrogen and oxygen atoms in total. The first-order valence-electron chi connectivity index (χ1n) is 10.8. The van der Waals surface area contributed by atoms with Crippen molar-refractivity contribution in [3.8, 4) is 0 Å². The van der Waals surface area contributed by atoms with Gasteiger partial charge in [0.25, 0.3) is 5.91 Å². The summed E-state index contributed by atoms with van der Waals surface area (Å²) < 4.78 is 7.15. The van der Waals surface area contributed by atoms with Gasteiger partial charge in [0.15, 0.2) is 0 Å². The van der Waals surface area contributed by atoms with E-state index < -0.39 is 5.60 Å². The Labute approximate surface area is 207 Å². The van der Waals surface area contributed by atoms with Crippen molar-refractivity contribution in [2.75, 3.05) is 11.9 Å². The van der Waals surface area contributed by atoms with Crippen LogP contribution in [0.15, 0.2) is 42.7 Å². The SMILES string of the molecule is CC(C)(C)OC(=O)N1CCc2nc(C(=O)Nc3cnn(Cc4ccc(Cl)c(Cl)c4)c3)ccc2C1. The van der Waals surface area contributed by atoms with E-state index in [1.165, 1.54) is 0 Å². The van der Waals surface area contributed by atoms with Crippen molar-refractivity contribution in [3.05, 3.63) is 75.3 Å². The summed E-state index contributed by atoms with van der Waals surface area (Å²) in [6, 6.07) is 8.88. The van der Waals surface area contributed by atoms with Gasteiger partial charge in [-0.25, -0.2) is 9.78 Å². The molecule has 34 heavy (non-hydrogen) atoms. The highest BCUT2D eigenvalue weighted by atomic mass is 35.5. The number of carbonyl (C=O) groups excluding carboxylic acids is 2. The lowest BCUT2D eigenvalue weighted by atomic mass is 10.1. The van der Waals surface area contributed by atoms with Crippen LogP contribution < -0.4 is 5.32 Å². The lowest BCUT2D eigenvalue weighted by Gasteiger charge is -2.30. The second-order valence-electron chi connectivity index (χ2n) is 9.08. The van der Waals surface area contributed by atoms with Crippen molar-refractivity contribution in [1.82, 2.24) is 19.7 Å². The zero-order valence-corrected chi connectivity index (χ0v) is 20.7. The van der Waals surface area contributed by atoms with Gasteiger partial charge in [-0.15, -0.1) is 0 Å². The third-order valence-electron chi connectivity index (χ3n) is 5.15. The molecule has 3 aromatic rings. The smallest absolute Gasteiger partial charge is 0.410 e. The van der Waals surface area contributed by atoms with E-state index in [0.717, 1.165) is 16.8 Å². The summed E-state index contributed by atoms with van der Waals surface area (Å²) in [5.41, 5.74) is 2.97. The molecular weight excluding hydrogens is 477 g/mol. The molecule has 0 aliphatic carbocycles. The average molecular weight is 502 g/mol. The molecule has 0 spiro atoms. The first-order valence-corrected chi connectivity index (χ1v) is 11.6. The summed E-state index contributed by atoms with van der Waals surface area (Å²) in [7, 11) is 0. The summed E-state index contributed by atoms with van der Waals surface area (Å²) in [6.07, 6.45) is 3.51. The molecule has 2 amide bonds. The standard InChI is InChI=1S/C24H25Cl2N5O3/c1-24(2,3)34-23(33)30-9-8-20-16(13-30)5-7-21(29-20)22(32)28-17-11-27-31(14-17)12-15-4-6-18(25)19(26)10-15/h4-7,10-11,14H,8-9,12-13H2,1-3H3,(H,28,32). The minimum atomic E-state index is -0.548. The maximum absolute atomic E-state index is 12.8. The number of benzene rings is 1. The molecule has 2 aromatic heterocycles. The Hall–Kier alpha value is -3.10. The van der Waals surface area contributed by atoms with Crippen LogP contribution in [0.5, 0.6) is 0 Å². The molecule has 0 bridgehead atoms. The van der Waals surface area contributed by atoms with Gasteiger partial charge in [-0.1, -0.05) is 35.3 Å². The van der Waals surface area contributed by atoms with E-state index >= 15 is 0 Å². The number of amides is 2. The van der Waals surface area contributed by atoms with E-state index in [9.17, 15) is 9.59 Å². The first-order chi connectivity index (χ1) is 16.1. The molecule has 1 aromatic carbocycles. The Bertz CT molecular complexity index is 1240. The number of nitrogens with zero attached hydrogens (tertiary/aromatic N) is 4. The van der Waals surface area contributed by atoms with E-state index in [2.05, 4.69) is 15.4 Å². The van der Waals surface area contributed by atoms with Crippen LogP contribution in [0.1, 0.15) is 48.1 Å². The summed E-state index contributed by atoms with van der Waals surface area (Å²) >= 11 is 12.0. The molecule has 0 fully saturated rings. The predicted molar refractivity (Wildman–Crippen MR) is 130 cm³/mol. The number of anilines is 1. The van der Waals surface area contributed by atoms with E-state index in [0.29, 0.717) is 47.5 Å². The molecule has 1 aliphatic rings. The molecule has 0 saturated carbocycles. The van der Waals surface area contributed by atoms with Gasteiger partial charge in [0.05, 0.1) is 35.0 Å². The largest absolute Gasteiger partial charge is 0.444 e. The number of hydrogen-bond donors (Lipinski definition) is 1. The molecule has 4 rings (SSSR count). The van der Waals surface area contributed by atoms with E-state index in [1.807, 2.05) is 32.9 Å². The van der Waals surface area contributed by atoms with Crippen LogP contribution in [0.25, 0.3) is 0 Å². The molecule has 10 heteroatoms. The van der Waals surface area contributed by atoms with Crippen LogP contribution in [-0.4, -0.2) is 43.8 Å². The fraction of sp³-hybridized carbons (Fsp3) is 0.333. The van der Waals surface area contributed by atoms with Gasteiger partial charge >= 0.3 is 6.09 Å². The Morgan fingerprint density at radius 2 is 1.94 bits per heavy atom. The summed E-state index contributed by atoms with van der Waals surface area (Å²) in [5.74, 6) is -0.327. The van der Waals surface area contributed by atoms with Crippen molar-refractivity contribution in [1.29, 1.82) is 0 Å². The van der Waals surface area contributed by atoms with Crippen LogP contribution >= 0.6 is 23.2 Å². The minimum absolute atomic E-state index is 0.307. The molecule has 0 unspecified atom stereocenters. The number of carbonyl (C=O) groups is 2. The zero-order valence-electron chi connectivity index (χ0n) is 19.1. The number of pyridine rings is 1. The normalized spacial score (nSPS) is 13.4. The zero-order chi connectivity index (χ0) is 24.5. The van der Waals surface area contributed by atoms with Crippen molar-refractivity contribution in [2.24, 2.45) is 0 Å². The number of hydrogen-bond acceptors (Lipinski definition) is 5. The number of halogens is 2. The van der Waals surface area contributed by atoms with E-state index in [-0.39, 0.29) is 12.0 Å². The number of fused-ring (bicyclic) bond motifs is 1. The fourth-order valence-corrected chi connectivity index (χ4v) is 3.88. The number of nitrogens with one attached hydrogen (secondary N) is 1. The quantitative estimate of drug-likeness (QED) is 0.531. The second kappa shape index (κ2) is 9.64. The van der Waals surface area contributed by atoms with Gasteiger partial charge < -0.3 is 15.0 Å². The van der Waals surface area contributed by atoms with Crippen molar-refractivity contribution in [3.63, 3.8) is 0 Å². The fourth-order valence-electron chi connectivity index (χ4n) is 3.56. The summed E-state index contributed by atoms with van der Waals surface area (Å²) in [4.78, 5) is 31.3. The number of rotatable bonds is 4. The molecule has 3 heterocycles. The predicted octanol–water partition coefficient (Wildman–Crippen LogP) is 5.18. The van der Waals surface area contributed by atoms with Crippen LogP contribution in [0.2, 0.25) is 10.0 Å². The topological polar surface area (TPSA) is 89.3 Å². The van der Waals surface area contributed by atoms with Crippen molar-refractivity contribution >= 4 is 40.9 Å². The first kappa shape index (κ1) is 24.0. The van der Waals surface area contributed by atoms with Crippen LogP contribution in [0, 0.1) is 0 Å². The van der Waals surface area contributed by atoms with Crippen LogP contribution in [-0.2, 0) is 24.2 Å². The summed E-state index contributed by atoms with van der Waals surface area (Å²) in [5, 5.41) is 8.09. The third kappa shape index (κ3) is 5.87. The Morgan fingerprint density at radius 1 is 1.15 bits per heavy atom. The third-order valence-corrected chi connectivity index (χ3v) is 5.89. The molecule has 1 N–H and O–H groups in total. The maximum atomic E-state index is 12.8. The number of aromatic nitrogens is 3. The number of ether oxygens (including phenoxy) is 1. The van der Waals surface area contributed by atoms with Gasteiger partial charge in [-0.2, -0.15) is 5.10 Å². The molecule has 0 saturated heterocycles. The van der Waals surface area contributed by atoms with Crippen LogP contribution in [0.3, 0.4) is 0 Å². The summed E-state index contributed by atoms with van der Waals surface area (Å²) in [6.45, 7) is 6.89. The molecule has 178 valence electrons. The van der Waals surface area contributed by atoms with Gasteiger partial charge in [0, 0.05) is 24.9 Å². The Balaban J connectivity index is 1.38. The molecular formula is C24H25Cl2N5O3. The second-order valence-corrected chi connectivity index (χ2v) is 9.90. The van der Waals surface area contributed by atoms with Crippen LogP contribution in [0.4, 0.5) is 10.5 Å². The Kier molecular flexibility index (Phi) is 6.81. The molecule has 0 radical (unpaired) electrons. The lowest BCUT2D eigenvalue weighted by molar-refractivity contribution is 0.0222. The van der Waals surface area contributed by atoms with Crippen molar-refractivity contribution in [2.45, 2.75) is 45.9 Å². The average Bonchev–Trinajstić information content (AvgIpc) is 3.21. The van der Waals surface area contributed by atoms with Crippen molar-refractivity contribution < 1.29 is 14.3 Å². The molecule has 1 aliphatic heterocycles. The highest BCUT2D eigenvalue weighted by Crippen LogP contribution is 2.23. The molecule has 0 atom stereocenters. The highest BCUT2D eigenvalue weighted by molar-refractivity contribution is 6.42. The Morgan fingerprint density at radius 3 is 2.68 bits per heavy atom. The van der Waals surface area contributed by atoms with E-state index in [4.69, 9.17) is 27.9 Å². The highest BCUT2D eigenvalue weighted by Gasteiger charge is 2.26. The lowest BCUT2D eigenvalue weighted by Crippen LogP contribution is -2.40. The minimum Gasteiger partial charge on any atom is -0.444 e. The van der Waals surface area contributed by atoms with Gasteiger partial charge in [-0.05, 0) is 50.1 Å². The monoisotopic (exact) mass is 501 g/mol. The van der Waals surface area contributed by atoms with Gasteiger partial charge in [0.2, 0.25) is 0 Å². The van der Waals surface area contributed by atoms with Gasteiger partial charge in [0.1, 0.15) is 11.3 Å². The van der Waals surface area contributed by atoms with E-state index in [1.54, 1.807) is 40.2 Å². The van der Waals surface area contributed by atoms with Gasteiger partial charge in [-0.3, -0.25) is 9.48 Å².